The predicted molar refractivity (Wildman–Crippen MR) is 86.8 cm³/mol. The summed E-state index contributed by atoms with van der Waals surface area (Å²) in [7, 11) is 0. The van der Waals surface area contributed by atoms with Crippen molar-refractivity contribution in [1.82, 2.24) is 0 Å². The second-order valence-corrected chi connectivity index (χ2v) is 6.27. The number of aromatic hydroxyl groups is 2. The Hall–Kier alpha value is -1.52. The first-order valence-corrected chi connectivity index (χ1v) is 8.20. The Balaban J connectivity index is 1.67. The minimum absolute atomic E-state index is 0.301. The van der Waals surface area contributed by atoms with Crippen LogP contribution in [0.15, 0.2) is 70.5 Å². The van der Waals surface area contributed by atoms with Gasteiger partial charge in [0.15, 0.2) is 0 Å². The van der Waals surface area contributed by atoms with E-state index >= 15 is 0 Å². The van der Waals surface area contributed by atoms with Gasteiger partial charge in [-0.25, -0.2) is 0 Å². The molecule has 0 aliphatic carbocycles. The molecular formula is C16H16O2S2. The zero-order valence-electron chi connectivity index (χ0n) is 10.9. The molecule has 0 bridgehead atoms. The lowest BCUT2D eigenvalue weighted by molar-refractivity contribution is 0.474. The van der Waals surface area contributed by atoms with Crippen molar-refractivity contribution in [1.29, 1.82) is 0 Å². The van der Waals surface area contributed by atoms with Gasteiger partial charge >= 0.3 is 0 Å². The van der Waals surface area contributed by atoms with Gasteiger partial charge in [-0.15, -0.1) is 23.5 Å². The fourth-order valence-corrected chi connectivity index (χ4v) is 3.02. The number of benzene rings is 2. The summed E-state index contributed by atoms with van der Waals surface area (Å²) < 4.78 is 0. The average molecular weight is 304 g/mol. The van der Waals surface area contributed by atoms with Crippen molar-refractivity contribution >= 4 is 23.5 Å². The summed E-state index contributed by atoms with van der Waals surface area (Å²) in [6.45, 7) is 0. The van der Waals surface area contributed by atoms with Gasteiger partial charge in [-0.2, -0.15) is 0 Å². The van der Waals surface area contributed by atoms with Crippen LogP contribution in [0, 0.1) is 0 Å². The maximum Gasteiger partial charge on any atom is 0.115 e. The molecule has 0 aliphatic rings. The lowest BCUT2D eigenvalue weighted by Crippen LogP contribution is -1.76. The summed E-state index contributed by atoms with van der Waals surface area (Å²) in [6, 6.07) is 14.5. The third kappa shape index (κ3) is 5.23. The van der Waals surface area contributed by atoms with E-state index in [4.69, 9.17) is 0 Å². The number of hydrogen-bond acceptors (Lipinski definition) is 4. The van der Waals surface area contributed by atoms with E-state index in [1.807, 2.05) is 24.3 Å². The Kier molecular flexibility index (Phi) is 5.89. The largest absolute Gasteiger partial charge is 0.508 e. The fourth-order valence-electron chi connectivity index (χ4n) is 1.51. The Morgan fingerprint density at radius 2 is 1.00 bits per heavy atom. The highest BCUT2D eigenvalue weighted by Crippen LogP contribution is 2.22. The Morgan fingerprint density at radius 1 is 0.650 bits per heavy atom. The van der Waals surface area contributed by atoms with Crippen LogP contribution in [-0.4, -0.2) is 21.7 Å². The van der Waals surface area contributed by atoms with Gasteiger partial charge in [-0.05, 0) is 48.5 Å². The normalized spacial score (nSPS) is 11.0. The van der Waals surface area contributed by atoms with Gasteiger partial charge in [-0.3, -0.25) is 0 Å². The summed E-state index contributed by atoms with van der Waals surface area (Å²) in [5.41, 5.74) is 0. The number of hydrogen-bond donors (Lipinski definition) is 2. The second kappa shape index (κ2) is 7.92. The second-order valence-electron chi connectivity index (χ2n) is 4.08. The van der Waals surface area contributed by atoms with Gasteiger partial charge in [0.2, 0.25) is 0 Å². The standard InChI is InChI=1S/C16H16O2S2/c17-13-3-7-15(8-4-13)19-11-1-2-12-20-16-9-5-14(18)6-10-16/h1-10,17-18H,11-12H2/b2-1+. The van der Waals surface area contributed by atoms with Crippen molar-refractivity contribution in [3.63, 3.8) is 0 Å². The van der Waals surface area contributed by atoms with Crippen LogP contribution in [0.25, 0.3) is 0 Å². The zero-order valence-corrected chi connectivity index (χ0v) is 12.5. The van der Waals surface area contributed by atoms with Crippen LogP contribution in [0.2, 0.25) is 0 Å². The quantitative estimate of drug-likeness (QED) is 0.607. The summed E-state index contributed by atoms with van der Waals surface area (Å²) in [5.74, 6) is 2.44. The van der Waals surface area contributed by atoms with E-state index in [1.54, 1.807) is 47.8 Å². The lowest BCUT2D eigenvalue weighted by atomic mass is 10.3. The molecule has 0 fully saturated rings. The fraction of sp³-hybridized carbons (Fsp3) is 0.125. The van der Waals surface area contributed by atoms with Gasteiger partial charge in [-0.1, -0.05) is 12.2 Å². The molecule has 4 heteroatoms. The van der Waals surface area contributed by atoms with Crippen LogP contribution in [0.1, 0.15) is 0 Å². The molecule has 2 rings (SSSR count). The smallest absolute Gasteiger partial charge is 0.115 e. The summed E-state index contributed by atoms with van der Waals surface area (Å²) in [6.07, 6.45) is 4.29. The first kappa shape index (κ1) is 14.9. The molecule has 2 nitrogen and oxygen atoms in total. The van der Waals surface area contributed by atoms with Crippen LogP contribution in [-0.2, 0) is 0 Å². The minimum atomic E-state index is 0.301. The highest BCUT2D eigenvalue weighted by Gasteiger charge is 1.93. The molecular weight excluding hydrogens is 288 g/mol. The predicted octanol–water partition coefficient (Wildman–Crippen LogP) is 4.54. The molecule has 0 unspecified atom stereocenters. The molecule has 0 saturated carbocycles. The topological polar surface area (TPSA) is 40.5 Å². The van der Waals surface area contributed by atoms with Crippen LogP contribution in [0.3, 0.4) is 0 Å². The number of thioether (sulfide) groups is 2. The van der Waals surface area contributed by atoms with Crippen LogP contribution in [0.4, 0.5) is 0 Å². The van der Waals surface area contributed by atoms with Crippen molar-refractivity contribution in [3.05, 3.63) is 60.7 Å². The van der Waals surface area contributed by atoms with Gasteiger partial charge < -0.3 is 10.2 Å². The molecule has 0 amide bonds. The van der Waals surface area contributed by atoms with Crippen LogP contribution < -0.4 is 0 Å². The maximum atomic E-state index is 9.18. The molecule has 0 aromatic heterocycles. The highest BCUT2D eigenvalue weighted by molar-refractivity contribution is 7.99. The minimum Gasteiger partial charge on any atom is -0.508 e. The first-order valence-electron chi connectivity index (χ1n) is 6.23. The molecule has 104 valence electrons. The van der Waals surface area contributed by atoms with Crippen molar-refractivity contribution < 1.29 is 10.2 Å². The van der Waals surface area contributed by atoms with E-state index in [2.05, 4.69) is 12.2 Å². The number of rotatable bonds is 6. The molecule has 0 atom stereocenters. The Morgan fingerprint density at radius 3 is 1.35 bits per heavy atom. The van der Waals surface area contributed by atoms with E-state index < -0.39 is 0 Å². The summed E-state index contributed by atoms with van der Waals surface area (Å²) in [4.78, 5) is 2.30. The van der Waals surface area contributed by atoms with Crippen LogP contribution >= 0.6 is 23.5 Å². The van der Waals surface area contributed by atoms with Crippen LogP contribution in [0.5, 0.6) is 11.5 Å². The Labute approximate surface area is 127 Å². The molecule has 0 spiro atoms. The molecule has 0 radical (unpaired) electrons. The molecule has 0 heterocycles. The SMILES string of the molecule is Oc1ccc(SC/C=C/CSc2ccc(O)cc2)cc1. The number of phenols is 2. The number of phenolic OH excluding ortho intramolecular Hbond substituents is 2. The maximum absolute atomic E-state index is 9.18. The monoisotopic (exact) mass is 304 g/mol. The van der Waals surface area contributed by atoms with E-state index in [0.717, 1.165) is 21.3 Å². The molecule has 0 saturated heterocycles. The summed E-state index contributed by atoms with van der Waals surface area (Å²) in [5, 5.41) is 18.4. The highest BCUT2D eigenvalue weighted by atomic mass is 32.2. The van der Waals surface area contributed by atoms with E-state index in [0.29, 0.717) is 11.5 Å². The molecule has 2 aromatic carbocycles. The third-order valence-electron chi connectivity index (χ3n) is 2.53. The van der Waals surface area contributed by atoms with Crippen molar-refractivity contribution in [2.45, 2.75) is 9.79 Å². The van der Waals surface area contributed by atoms with Crippen molar-refractivity contribution in [3.8, 4) is 11.5 Å². The van der Waals surface area contributed by atoms with E-state index in [1.165, 1.54) is 0 Å². The average Bonchev–Trinajstić information content (AvgIpc) is 2.46. The zero-order chi connectivity index (χ0) is 14.2. The first-order chi connectivity index (χ1) is 9.74. The molecule has 2 aromatic rings. The van der Waals surface area contributed by atoms with E-state index in [-0.39, 0.29) is 0 Å². The van der Waals surface area contributed by atoms with Crippen molar-refractivity contribution in [2.24, 2.45) is 0 Å². The van der Waals surface area contributed by atoms with Crippen molar-refractivity contribution in [2.75, 3.05) is 11.5 Å². The molecule has 0 aliphatic heterocycles. The van der Waals surface area contributed by atoms with E-state index in [9.17, 15) is 10.2 Å². The molecule has 20 heavy (non-hydrogen) atoms. The Bertz CT molecular complexity index is 496. The summed E-state index contributed by atoms with van der Waals surface area (Å²) >= 11 is 3.47. The molecule has 2 N–H and O–H groups in total. The lowest BCUT2D eigenvalue weighted by Gasteiger charge is -1.99. The van der Waals surface area contributed by atoms with Gasteiger partial charge in [0.05, 0.1) is 0 Å². The third-order valence-corrected chi connectivity index (χ3v) is 4.46. The van der Waals surface area contributed by atoms with Gasteiger partial charge in [0, 0.05) is 21.3 Å². The van der Waals surface area contributed by atoms with Gasteiger partial charge in [0.25, 0.3) is 0 Å². The van der Waals surface area contributed by atoms with Gasteiger partial charge in [0.1, 0.15) is 11.5 Å².